The summed E-state index contributed by atoms with van der Waals surface area (Å²) in [5.74, 6) is 0. The summed E-state index contributed by atoms with van der Waals surface area (Å²) in [6, 6.07) is 61.3. The molecule has 3 nitrogen and oxygen atoms in total. The second kappa shape index (κ2) is 18.2. The summed E-state index contributed by atoms with van der Waals surface area (Å²) in [6.07, 6.45) is -4.68. The second-order valence-corrected chi connectivity index (χ2v) is 21.1. The van der Waals surface area contributed by atoms with Crippen LogP contribution in [-0.4, -0.2) is 9.13 Å². The van der Waals surface area contributed by atoms with Crippen LogP contribution in [-0.2, 0) is 6.18 Å². The van der Waals surface area contributed by atoms with Crippen molar-refractivity contribution in [2.24, 2.45) is 0 Å². The third kappa shape index (κ3) is 8.33. The maximum atomic E-state index is 15.4. The minimum Gasteiger partial charge on any atom is -0.319 e. The molecule has 6 heteroatoms. The number of aromatic nitrogens is 2. The van der Waals surface area contributed by atoms with Crippen molar-refractivity contribution in [2.75, 3.05) is 0 Å². The molecule has 12 rings (SSSR count). The molecule has 0 bridgehead atoms. The highest BCUT2D eigenvalue weighted by Gasteiger charge is 2.35. The zero-order valence-electron chi connectivity index (χ0n) is 43.8. The fraction of sp³-hybridized carbons (Fsp3) is 0.129. The molecule has 10 aromatic carbocycles. The van der Waals surface area contributed by atoms with Crippen molar-refractivity contribution in [3.05, 3.63) is 243 Å². The van der Waals surface area contributed by atoms with Gasteiger partial charge in [-0.1, -0.05) is 166 Å². The summed E-state index contributed by atoms with van der Waals surface area (Å²) in [6.45, 7) is 26.2. The third-order valence-electron chi connectivity index (χ3n) is 15.0. The Labute approximate surface area is 441 Å². The largest absolute Gasteiger partial charge is 0.417 e. The van der Waals surface area contributed by atoms with Crippen molar-refractivity contribution >= 4 is 49.3 Å². The number of hydrogen-bond donors (Lipinski definition) is 0. The lowest BCUT2D eigenvalue weighted by molar-refractivity contribution is -0.137. The lowest BCUT2D eigenvalue weighted by Crippen LogP contribution is -2.09. The van der Waals surface area contributed by atoms with Crippen LogP contribution in [0.5, 0.6) is 0 Å². The van der Waals surface area contributed by atoms with Crippen molar-refractivity contribution in [3.63, 3.8) is 0 Å². The van der Waals surface area contributed by atoms with Crippen LogP contribution in [0.2, 0.25) is 0 Å². The van der Waals surface area contributed by atoms with Crippen LogP contribution in [0.1, 0.15) is 50.1 Å². The van der Waals surface area contributed by atoms with Crippen molar-refractivity contribution in [2.45, 2.75) is 61.6 Å². The van der Waals surface area contributed by atoms with E-state index < -0.39 is 11.7 Å². The van der Waals surface area contributed by atoms with Crippen LogP contribution >= 0.6 is 0 Å². The monoisotopic (exact) mass is 993 g/mol. The first-order chi connectivity index (χ1) is 36.5. The molecule has 0 unspecified atom stereocenters. The lowest BCUT2D eigenvalue weighted by atomic mass is 9.95. The van der Waals surface area contributed by atoms with E-state index >= 15 is 13.2 Å². The van der Waals surface area contributed by atoms with Crippen molar-refractivity contribution in [1.82, 2.24) is 9.13 Å². The number of halogens is 3. The molecule has 0 radical (unpaired) electrons. The number of rotatable bonds is 7. The van der Waals surface area contributed by atoms with Gasteiger partial charge >= 0.3 is 6.18 Å². The number of aryl methyl sites for hydroxylation is 8. The van der Waals surface area contributed by atoms with E-state index in [1.807, 2.05) is 10.6 Å². The number of nitrogens with zero attached hydrogens (tertiary/aromatic N) is 3. The zero-order valence-corrected chi connectivity index (χ0v) is 43.8. The van der Waals surface area contributed by atoms with E-state index in [4.69, 9.17) is 0 Å². The van der Waals surface area contributed by atoms with Gasteiger partial charge in [-0.2, -0.15) is 13.2 Å². The van der Waals surface area contributed by atoms with E-state index in [1.54, 1.807) is 12.1 Å². The smallest absolute Gasteiger partial charge is 0.319 e. The van der Waals surface area contributed by atoms with E-state index in [9.17, 15) is 6.57 Å². The Kier molecular flexibility index (Phi) is 11.5. The van der Waals surface area contributed by atoms with Crippen LogP contribution < -0.4 is 0 Å². The predicted octanol–water partition coefficient (Wildman–Crippen LogP) is 20.3. The molecule has 0 spiro atoms. The second-order valence-electron chi connectivity index (χ2n) is 21.1. The molecule has 0 fully saturated rings. The molecule has 0 aliphatic carbocycles. The molecule has 0 N–H and O–H groups in total. The topological polar surface area (TPSA) is 14.2 Å². The summed E-state index contributed by atoms with van der Waals surface area (Å²) in [5, 5.41) is 3.83. The summed E-state index contributed by atoms with van der Waals surface area (Å²) < 4.78 is 50.4. The molecule has 0 aliphatic heterocycles. The lowest BCUT2D eigenvalue weighted by Gasteiger charge is -2.22. The number of fused-ring (bicyclic) bond motifs is 6. The molecule has 12 aromatic rings. The number of alkyl halides is 3. The summed E-state index contributed by atoms with van der Waals surface area (Å²) in [7, 11) is 0. The maximum absolute atomic E-state index is 15.4. The molecule has 2 heterocycles. The average Bonchev–Trinajstić information content (AvgIpc) is 3.95. The van der Waals surface area contributed by atoms with Crippen LogP contribution in [0.25, 0.3) is 115 Å². The van der Waals surface area contributed by atoms with Gasteiger partial charge in [0.1, 0.15) is 0 Å². The Morgan fingerprint density at radius 3 is 1.00 bits per heavy atom. The Bertz CT molecular complexity index is 4140. The highest BCUT2D eigenvalue weighted by atomic mass is 19.4. The van der Waals surface area contributed by atoms with Gasteiger partial charge in [-0.25, -0.2) is 4.85 Å². The SMILES string of the molecule is [C-]#[N+]c1c(-n2c3ccc(-c4cc(C)cc(C)c4)cc3c3cc(-c4cc(C)cc(C)c4)ccc32)ccc(-c2ccccc2C(F)(F)F)c1-n1c2ccc(-c3cc(C)cc(C)c3)cc2c2cc(-c3cc(C)cc(C)c3)ccc21. The van der Waals surface area contributed by atoms with Gasteiger partial charge in [-0.15, -0.1) is 0 Å². The van der Waals surface area contributed by atoms with Gasteiger partial charge in [0, 0.05) is 21.5 Å². The Morgan fingerprint density at radius 1 is 0.342 bits per heavy atom. The fourth-order valence-corrected chi connectivity index (χ4v) is 12.1. The highest BCUT2D eigenvalue weighted by Crippen LogP contribution is 2.49. The molecular weight excluding hydrogens is 940 g/mol. The Balaban J connectivity index is 1.20. The third-order valence-corrected chi connectivity index (χ3v) is 15.0. The molecular formula is C70H54F3N3. The summed E-state index contributed by atoms with van der Waals surface area (Å²) in [5.41, 5.74) is 21.7. The summed E-state index contributed by atoms with van der Waals surface area (Å²) >= 11 is 0. The highest BCUT2D eigenvalue weighted by molar-refractivity contribution is 6.15. The van der Waals surface area contributed by atoms with Crippen LogP contribution in [0, 0.1) is 62.0 Å². The molecule has 76 heavy (non-hydrogen) atoms. The van der Waals surface area contributed by atoms with Crippen molar-refractivity contribution in [1.29, 1.82) is 0 Å². The molecule has 2 aromatic heterocycles. The Morgan fingerprint density at radius 2 is 0.671 bits per heavy atom. The Hall–Kier alpha value is -8.92. The van der Waals surface area contributed by atoms with E-state index in [0.29, 0.717) is 16.9 Å². The number of hydrogen-bond acceptors (Lipinski definition) is 0. The van der Waals surface area contributed by atoms with Crippen molar-refractivity contribution in [3.8, 4) is 67.0 Å². The van der Waals surface area contributed by atoms with E-state index in [2.05, 4.69) is 210 Å². The van der Waals surface area contributed by atoms with E-state index in [0.717, 1.165) is 116 Å². The minimum atomic E-state index is -4.68. The van der Waals surface area contributed by atoms with Gasteiger partial charge in [-0.05, 0) is 172 Å². The van der Waals surface area contributed by atoms with Crippen molar-refractivity contribution < 1.29 is 13.2 Å². The molecule has 0 atom stereocenters. The number of benzene rings is 10. The summed E-state index contributed by atoms with van der Waals surface area (Å²) in [4.78, 5) is 4.45. The van der Waals surface area contributed by atoms with Gasteiger partial charge < -0.3 is 9.13 Å². The van der Waals surface area contributed by atoms with E-state index in [-0.39, 0.29) is 11.3 Å². The van der Waals surface area contributed by atoms with Crippen LogP contribution in [0.4, 0.5) is 18.9 Å². The molecule has 0 saturated carbocycles. The zero-order chi connectivity index (χ0) is 52.9. The van der Waals surface area contributed by atoms with Gasteiger partial charge in [0.2, 0.25) is 5.69 Å². The first-order valence-corrected chi connectivity index (χ1v) is 25.7. The fourth-order valence-electron chi connectivity index (χ4n) is 12.1. The van der Waals surface area contributed by atoms with Crippen LogP contribution in [0.3, 0.4) is 0 Å². The van der Waals surface area contributed by atoms with Gasteiger partial charge in [0.05, 0.1) is 45.6 Å². The standard InChI is InChI=1S/C70H54F3N3/c1-40-24-41(2)29-52(28-40)48-14-19-63-58(36-48)59-37-49(53-30-42(3)25-43(4)31-53)15-20-64(59)75(63)67-23-18-57(56-12-10-11-13-62(56)70(71,72)73)69(68(67)74-9)76-65-21-16-50(54-32-44(5)26-45(6)33-54)38-60(65)61-39-51(17-22-66(61)76)55-34-46(7)27-47(8)35-55/h10-39H,1-8H3. The normalized spacial score (nSPS) is 11.9. The predicted molar refractivity (Wildman–Crippen MR) is 311 cm³/mol. The van der Waals surface area contributed by atoms with Crippen LogP contribution in [0.15, 0.2) is 182 Å². The van der Waals surface area contributed by atoms with Gasteiger partial charge in [0.25, 0.3) is 0 Å². The molecule has 0 aliphatic rings. The molecule has 0 amide bonds. The van der Waals surface area contributed by atoms with Gasteiger partial charge in [-0.3, -0.25) is 0 Å². The van der Waals surface area contributed by atoms with E-state index in [1.165, 1.54) is 34.4 Å². The minimum absolute atomic E-state index is 0.00596. The molecule has 370 valence electrons. The quantitative estimate of drug-likeness (QED) is 0.141. The molecule has 0 saturated heterocycles. The van der Waals surface area contributed by atoms with Gasteiger partial charge in [0.15, 0.2) is 0 Å². The first kappa shape index (κ1) is 48.0. The maximum Gasteiger partial charge on any atom is 0.417 e. The first-order valence-electron chi connectivity index (χ1n) is 25.7. The average molecular weight is 994 g/mol.